The lowest BCUT2D eigenvalue weighted by Crippen LogP contribution is -2.46. The summed E-state index contributed by atoms with van der Waals surface area (Å²) < 4.78 is 21.6. The molecule has 3 N–H and O–H groups in total. The first-order chi connectivity index (χ1) is 8.26. The second-order valence-corrected chi connectivity index (χ2v) is 5.94. The molecule has 8 heteroatoms. The van der Waals surface area contributed by atoms with E-state index in [0.29, 0.717) is 0 Å². The standard InChI is InChI=1S/C10H16N2O5S/c1-3-5-8(9(13)14)12-10(15)11-6-4-7-18(2,16)17/h1,8H,4-7H2,2H3,(H,13,14)(H2,11,12,15). The number of urea groups is 1. The summed E-state index contributed by atoms with van der Waals surface area (Å²) in [6.07, 6.45) is 6.20. The van der Waals surface area contributed by atoms with Gasteiger partial charge < -0.3 is 15.7 Å². The Hall–Kier alpha value is -1.75. The molecule has 18 heavy (non-hydrogen) atoms. The van der Waals surface area contributed by atoms with E-state index in [9.17, 15) is 18.0 Å². The van der Waals surface area contributed by atoms with E-state index in [0.717, 1.165) is 6.26 Å². The number of hydrogen-bond donors (Lipinski definition) is 3. The molecule has 0 fully saturated rings. The number of carbonyl (C=O) groups excluding carboxylic acids is 1. The number of carboxylic acid groups (broad SMARTS) is 1. The van der Waals surface area contributed by atoms with Gasteiger partial charge in [-0.05, 0) is 6.42 Å². The molecular weight excluding hydrogens is 260 g/mol. The third-order valence-electron chi connectivity index (χ3n) is 1.90. The van der Waals surface area contributed by atoms with E-state index in [1.165, 1.54) is 0 Å². The molecule has 0 aromatic carbocycles. The first-order valence-electron chi connectivity index (χ1n) is 5.14. The highest BCUT2D eigenvalue weighted by atomic mass is 32.2. The van der Waals surface area contributed by atoms with Crippen LogP contribution in [0.15, 0.2) is 0 Å². The van der Waals surface area contributed by atoms with Crippen molar-refractivity contribution in [2.45, 2.75) is 18.9 Å². The van der Waals surface area contributed by atoms with Gasteiger partial charge in [-0.1, -0.05) is 0 Å². The van der Waals surface area contributed by atoms with Crippen molar-refractivity contribution in [1.82, 2.24) is 10.6 Å². The Balaban J connectivity index is 3.97. The van der Waals surface area contributed by atoms with Gasteiger partial charge in [-0.15, -0.1) is 12.3 Å². The number of carbonyl (C=O) groups is 2. The number of sulfone groups is 1. The van der Waals surface area contributed by atoms with Crippen LogP contribution < -0.4 is 10.6 Å². The number of amides is 2. The lowest BCUT2D eigenvalue weighted by atomic mass is 10.2. The Labute approximate surface area is 106 Å². The fourth-order valence-corrected chi connectivity index (χ4v) is 1.73. The molecule has 0 bridgehead atoms. The van der Waals surface area contributed by atoms with Crippen LogP contribution in [0.25, 0.3) is 0 Å². The largest absolute Gasteiger partial charge is 0.480 e. The molecule has 0 aliphatic rings. The summed E-state index contributed by atoms with van der Waals surface area (Å²) in [7, 11) is -3.06. The van der Waals surface area contributed by atoms with Crippen molar-refractivity contribution in [2.75, 3.05) is 18.6 Å². The molecule has 0 aliphatic heterocycles. The van der Waals surface area contributed by atoms with Crippen LogP contribution in [0.1, 0.15) is 12.8 Å². The average Bonchev–Trinajstić information content (AvgIpc) is 2.22. The molecule has 1 unspecified atom stereocenters. The second-order valence-electron chi connectivity index (χ2n) is 3.68. The van der Waals surface area contributed by atoms with Crippen molar-refractivity contribution in [2.24, 2.45) is 0 Å². The highest BCUT2D eigenvalue weighted by Gasteiger charge is 2.18. The summed E-state index contributed by atoms with van der Waals surface area (Å²) >= 11 is 0. The van der Waals surface area contributed by atoms with E-state index in [1.54, 1.807) is 0 Å². The Bertz CT molecular complexity index is 438. The maximum Gasteiger partial charge on any atom is 0.327 e. The van der Waals surface area contributed by atoms with E-state index in [4.69, 9.17) is 11.5 Å². The summed E-state index contributed by atoms with van der Waals surface area (Å²) in [5, 5.41) is 13.2. The SMILES string of the molecule is C#CCC(NC(=O)NCCCS(C)(=O)=O)C(=O)O. The Morgan fingerprint density at radius 3 is 2.50 bits per heavy atom. The minimum absolute atomic E-state index is 0.0417. The minimum Gasteiger partial charge on any atom is -0.480 e. The van der Waals surface area contributed by atoms with Gasteiger partial charge >= 0.3 is 12.0 Å². The van der Waals surface area contributed by atoms with Crippen molar-refractivity contribution in [3.63, 3.8) is 0 Å². The van der Waals surface area contributed by atoms with Gasteiger partial charge in [0.15, 0.2) is 0 Å². The normalized spacial score (nSPS) is 12.2. The number of carboxylic acids is 1. The summed E-state index contributed by atoms with van der Waals surface area (Å²) in [5.74, 6) is 0.874. The van der Waals surface area contributed by atoms with Crippen molar-refractivity contribution in [3.8, 4) is 12.3 Å². The van der Waals surface area contributed by atoms with E-state index >= 15 is 0 Å². The topological polar surface area (TPSA) is 113 Å². The summed E-state index contributed by atoms with van der Waals surface area (Å²) in [6, 6.07) is -1.84. The van der Waals surface area contributed by atoms with E-state index < -0.39 is 27.9 Å². The first-order valence-corrected chi connectivity index (χ1v) is 7.20. The predicted molar refractivity (Wildman–Crippen MR) is 65.7 cm³/mol. The van der Waals surface area contributed by atoms with Crippen LogP contribution in [-0.4, -0.2) is 50.1 Å². The van der Waals surface area contributed by atoms with Crippen LogP contribution in [0, 0.1) is 12.3 Å². The van der Waals surface area contributed by atoms with Crippen molar-refractivity contribution in [1.29, 1.82) is 0 Å². The van der Waals surface area contributed by atoms with Crippen LogP contribution in [0.5, 0.6) is 0 Å². The van der Waals surface area contributed by atoms with E-state index in [-0.39, 0.29) is 25.1 Å². The molecule has 0 saturated carbocycles. The van der Waals surface area contributed by atoms with Gasteiger partial charge in [0.25, 0.3) is 0 Å². The van der Waals surface area contributed by atoms with Crippen LogP contribution >= 0.6 is 0 Å². The highest BCUT2D eigenvalue weighted by Crippen LogP contribution is 1.91. The molecule has 0 saturated heterocycles. The Morgan fingerprint density at radius 1 is 1.44 bits per heavy atom. The molecule has 0 spiro atoms. The molecule has 0 aromatic rings. The van der Waals surface area contributed by atoms with E-state index in [1.807, 2.05) is 0 Å². The zero-order valence-electron chi connectivity index (χ0n) is 9.97. The minimum atomic E-state index is -3.06. The highest BCUT2D eigenvalue weighted by molar-refractivity contribution is 7.90. The number of nitrogens with one attached hydrogen (secondary N) is 2. The quantitative estimate of drug-likeness (QED) is 0.416. The number of terminal acetylenes is 1. The van der Waals surface area contributed by atoms with Gasteiger partial charge in [0.2, 0.25) is 0 Å². The van der Waals surface area contributed by atoms with Crippen LogP contribution in [0.2, 0.25) is 0 Å². The zero-order valence-corrected chi connectivity index (χ0v) is 10.8. The van der Waals surface area contributed by atoms with Gasteiger partial charge in [0, 0.05) is 19.2 Å². The maximum absolute atomic E-state index is 11.3. The van der Waals surface area contributed by atoms with E-state index in [2.05, 4.69) is 16.6 Å². The van der Waals surface area contributed by atoms with Gasteiger partial charge in [-0.2, -0.15) is 0 Å². The summed E-state index contributed by atoms with van der Waals surface area (Å²) in [4.78, 5) is 21.9. The monoisotopic (exact) mass is 276 g/mol. The molecule has 0 rings (SSSR count). The lowest BCUT2D eigenvalue weighted by Gasteiger charge is -2.12. The fourth-order valence-electron chi connectivity index (χ4n) is 1.06. The fraction of sp³-hybridized carbons (Fsp3) is 0.600. The van der Waals surface area contributed by atoms with Crippen LogP contribution in [0.3, 0.4) is 0 Å². The molecule has 2 amide bonds. The van der Waals surface area contributed by atoms with Crippen molar-refractivity contribution in [3.05, 3.63) is 0 Å². The zero-order chi connectivity index (χ0) is 14.2. The molecule has 1 atom stereocenters. The van der Waals surface area contributed by atoms with Gasteiger partial charge in [0.05, 0.1) is 5.75 Å². The molecule has 0 aliphatic carbocycles. The third kappa shape index (κ3) is 8.41. The summed E-state index contributed by atoms with van der Waals surface area (Å²) in [5.41, 5.74) is 0. The molecule has 102 valence electrons. The van der Waals surface area contributed by atoms with Crippen molar-refractivity contribution >= 4 is 21.8 Å². The average molecular weight is 276 g/mol. The van der Waals surface area contributed by atoms with Gasteiger partial charge in [-0.3, -0.25) is 0 Å². The van der Waals surface area contributed by atoms with Gasteiger partial charge in [0.1, 0.15) is 15.9 Å². The molecule has 0 heterocycles. The predicted octanol–water partition coefficient (Wildman–Crippen LogP) is -0.803. The Kier molecular flexibility index (Phi) is 6.82. The molecule has 7 nitrogen and oxygen atoms in total. The number of rotatable bonds is 7. The number of hydrogen-bond acceptors (Lipinski definition) is 4. The number of aliphatic carboxylic acids is 1. The third-order valence-corrected chi connectivity index (χ3v) is 2.93. The van der Waals surface area contributed by atoms with Crippen LogP contribution in [0.4, 0.5) is 4.79 Å². The van der Waals surface area contributed by atoms with Gasteiger partial charge in [-0.25, -0.2) is 18.0 Å². The first kappa shape index (κ1) is 16.2. The van der Waals surface area contributed by atoms with Crippen LogP contribution in [-0.2, 0) is 14.6 Å². The molecule has 0 aromatic heterocycles. The molecular formula is C10H16N2O5S. The van der Waals surface area contributed by atoms with Crippen molar-refractivity contribution < 1.29 is 23.1 Å². The Morgan fingerprint density at radius 2 is 2.06 bits per heavy atom. The lowest BCUT2D eigenvalue weighted by molar-refractivity contribution is -0.139. The maximum atomic E-state index is 11.3. The smallest absolute Gasteiger partial charge is 0.327 e. The second kappa shape index (κ2) is 7.55. The summed E-state index contributed by atoms with van der Waals surface area (Å²) in [6.45, 7) is 0.140. The molecule has 0 radical (unpaired) electrons.